The fraction of sp³-hybridized carbons (Fsp3) is 0.529. The molecule has 1 aliphatic rings. The number of rotatable bonds is 3. The highest BCUT2D eigenvalue weighted by Gasteiger charge is 2.31. The van der Waals surface area contributed by atoms with Crippen LogP contribution in [0.25, 0.3) is 11.0 Å². The summed E-state index contributed by atoms with van der Waals surface area (Å²) in [6.07, 6.45) is 2.25. The van der Waals surface area contributed by atoms with Crippen LogP contribution >= 0.6 is 0 Å². The molecule has 0 spiro atoms. The maximum absolute atomic E-state index is 12.7. The van der Waals surface area contributed by atoms with Crippen LogP contribution in [0.15, 0.2) is 18.2 Å². The lowest BCUT2D eigenvalue weighted by molar-refractivity contribution is 0.0921. The normalized spacial score (nSPS) is 16.8. The first-order valence-electron chi connectivity index (χ1n) is 7.87. The molecule has 1 aliphatic carbocycles. The Bertz CT molecular complexity index is 720. The van der Waals surface area contributed by atoms with Gasteiger partial charge in [-0.15, -0.1) is 0 Å². The molecule has 22 heavy (non-hydrogen) atoms. The zero-order valence-electron chi connectivity index (χ0n) is 13.7. The van der Waals surface area contributed by atoms with Gasteiger partial charge in [0.2, 0.25) is 0 Å². The van der Waals surface area contributed by atoms with Gasteiger partial charge in [-0.1, -0.05) is 6.07 Å². The zero-order valence-corrected chi connectivity index (χ0v) is 13.7. The number of carbonyl (C=O) groups is 1. The van der Waals surface area contributed by atoms with Crippen LogP contribution in [-0.4, -0.2) is 21.0 Å². The number of nitrogens with two attached hydrogens (primary N) is 1. The first-order valence-corrected chi connectivity index (χ1v) is 7.87. The molecule has 0 bridgehead atoms. The van der Waals surface area contributed by atoms with Crippen molar-refractivity contribution in [3.63, 3.8) is 0 Å². The molecule has 118 valence electrons. The summed E-state index contributed by atoms with van der Waals surface area (Å²) in [6, 6.07) is 5.99. The summed E-state index contributed by atoms with van der Waals surface area (Å²) < 4.78 is 2.18. The molecule has 2 aromatic rings. The Morgan fingerprint density at radius 1 is 1.41 bits per heavy atom. The molecule has 0 radical (unpaired) electrons. The molecule has 1 unspecified atom stereocenters. The van der Waals surface area contributed by atoms with Crippen molar-refractivity contribution in [2.75, 3.05) is 0 Å². The van der Waals surface area contributed by atoms with Crippen molar-refractivity contribution >= 4 is 16.9 Å². The molecule has 1 aromatic carbocycles. The number of carbonyl (C=O) groups excluding carboxylic acids is 1. The van der Waals surface area contributed by atoms with Crippen molar-refractivity contribution in [3.8, 4) is 0 Å². The van der Waals surface area contributed by atoms with Gasteiger partial charge in [0.25, 0.3) is 5.91 Å². The minimum atomic E-state index is -0.270. The highest BCUT2D eigenvalue weighted by Crippen LogP contribution is 2.40. The van der Waals surface area contributed by atoms with E-state index in [1.807, 2.05) is 45.9 Å². The van der Waals surface area contributed by atoms with Crippen LogP contribution in [0.4, 0.5) is 0 Å². The van der Waals surface area contributed by atoms with Gasteiger partial charge in [0.15, 0.2) is 0 Å². The summed E-state index contributed by atoms with van der Waals surface area (Å²) in [7, 11) is 0. The molecule has 5 nitrogen and oxygen atoms in total. The molecule has 5 heteroatoms. The third-order valence-corrected chi connectivity index (χ3v) is 3.79. The Hall–Kier alpha value is -1.88. The fourth-order valence-electron chi connectivity index (χ4n) is 2.78. The largest absolute Gasteiger partial charge is 0.347 e. The number of amides is 1. The lowest BCUT2D eigenvalue weighted by Crippen LogP contribution is -2.40. The summed E-state index contributed by atoms with van der Waals surface area (Å²) in [5.41, 5.74) is 8.26. The average molecular weight is 300 g/mol. The highest BCUT2D eigenvalue weighted by atomic mass is 16.1. The molecular formula is C17H24N4O. The van der Waals surface area contributed by atoms with Gasteiger partial charge in [0.1, 0.15) is 5.82 Å². The van der Waals surface area contributed by atoms with E-state index < -0.39 is 0 Å². The standard InChI is InChI=1S/C17H24N4O/c1-10(18)15-19-13-7-5-6-12(16(22)20-17(2,3)4)14(13)21(15)11-8-9-11/h5-7,10-11H,8-9,18H2,1-4H3,(H,20,22). The first kappa shape index (κ1) is 15.0. The number of imidazole rings is 1. The molecule has 3 N–H and O–H groups in total. The molecule has 0 aliphatic heterocycles. The van der Waals surface area contributed by atoms with Gasteiger partial charge in [-0.3, -0.25) is 4.79 Å². The Balaban J connectivity index is 2.17. The van der Waals surface area contributed by atoms with E-state index in [-0.39, 0.29) is 17.5 Å². The predicted molar refractivity (Wildman–Crippen MR) is 87.8 cm³/mol. The number of fused-ring (bicyclic) bond motifs is 1. The average Bonchev–Trinajstić information content (AvgIpc) is 3.15. The van der Waals surface area contributed by atoms with Gasteiger partial charge in [-0.25, -0.2) is 4.98 Å². The van der Waals surface area contributed by atoms with Gasteiger partial charge in [0.05, 0.1) is 22.6 Å². The van der Waals surface area contributed by atoms with E-state index in [1.54, 1.807) is 0 Å². The lowest BCUT2D eigenvalue weighted by atomic mass is 10.1. The van der Waals surface area contributed by atoms with Crippen molar-refractivity contribution < 1.29 is 4.79 Å². The maximum atomic E-state index is 12.7. The molecule has 3 rings (SSSR count). The SMILES string of the molecule is CC(N)c1nc2cccc(C(=O)NC(C)(C)C)c2n1C1CC1. The monoisotopic (exact) mass is 300 g/mol. The summed E-state index contributed by atoms with van der Waals surface area (Å²) in [4.78, 5) is 17.3. The van der Waals surface area contributed by atoms with Gasteiger partial charge in [-0.2, -0.15) is 0 Å². The van der Waals surface area contributed by atoms with Crippen molar-refractivity contribution in [1.29, 1.82) is 0 Å². The second-order valence-corrected chi connectivity index (χ2v) is 7.24. The summed E-state index contributed by atoms with van der Waals surface area (Å²) in [5.74, 6) is 0.810. The van der Waals surface area contributed by atoms with Crippen LogP contribution in [0.3, 0.4) is 0 Å². The summed E-state index contributed by atoms with van der Waals surface area (Å²) in [5, 5.41) is 3.04. The molecule has 0 saturated heterocycles. The van der Waals surface area contributed by atoms with E-state index in [0.717, 1.165) is 29.7 Å². The van der Waals surface area contributed by atoms with Crippen LogP contribution in [-0.2, 0) is 0 Å². The summed E-state index contributed by atoms with van der Waals surface area (Å²) >= 11 is 0. The Morgan fingerprint density at radius 3 is 2.64 bits per heavy atom. The van der Waals surface area contributed by atoms with Crippen molar-refractivity contribution in [3.05, 3.63) is 29.6 Å². The van der Waals surface area contributed by atoms with Gasteiger partial charge in [0, 0.05) is 11.6 Å². The van der Waals surface area contributed by atoms with Gasteiger partial charge in [-0.05, 0) is 52.7 Å². The first-order chi connectivity index (χ1) is 10.3. The molecule has 1 aromatic heterocycles. The fourth-order valence-corrected chi connectivity index (χ4v) is 2.78. The highest BCUT2D eigenvalue weighted by molar-refractivity contribution is 6.05. The number of hydrogen-bond acceptors (Lipinski definition) is 3. The molecule has 1 saturated carbocycles. The Kier molecular flexibility index (Phi) is 3.48. The van der Waals surface area contributed by atoms with E-state index in [1.165, 1.54) is 0 Å². The third-order valence-electron chi connectivity index (χ3n) is 3.79. The van der Waals surface area contributed by atoms with Gasteiger partial charge >= 0.3 is 0 Å². The quantitative estimate of drug-likeness (QED) is 0.915. The second kappa shape index (κ2) is 5.09. The zero-order chi connectivity index (χ0) is 16.1. The predicted octanol–water partition coefficient (Wildman–Crippen LogP) is 2.92. The van der Waals surface area contributed by atoms with E-state index in [9.17, 15) is 4.79 Å². The number of aromatic nitrogens is 2. The van der Waals surface area contributed by atoms with Crippen molar-refractivity contribution in [1.82, 2.24) is 14.9 Å². The molecule has 1 heterocycles. The van der Waals surface area contributed by atoms with Crippen molar-refractivity contribution in [2.24, 2.45) is 5.73 Å². The van der Waals surface area contributed by atoms with Crippen molar-refractivity contribution in [2.45, 2.75) is 58.2 Å². The lowest BCUT2D eigenvalue weighted by Gasteiger charge is -2.21. The third kappa shape index (κ3) is 2.73. The second-order valence-electron chi connectivity index (χ2n) is 7.24. The van der Waals surface area contributed by atoms with E-state index >= 15 is 0 Å². The van der Waals surface area contributed by atoms with Crippen LogP contribution < -0.4 is 11.1 Å². The molecule has 1 atom stereocenters. The van der Waals surface area contributed by atoms with E-state index in [4.69, 9.17) is 5.73 Å². The Morgan fingerprint density at radius 2 is 2.09 bits per heavy atom. The van der Waals surface area contributed by atoms with Crippen LogP contribution in [0.5, 0.6) is 0 Å². The van der Waals surface area contributed by atoms with E-state index in [0.29, 0.717) is 11.6 Å². The van der Waals surface area contributed by atoms with Crippen LogP contribution in [0.1, 0.15) is 68.8 Å². The topological polar surface area (TPSA) is 72.9 Å². The van der Waals surface area contributed by atoms with Crippen LogP contribution in [0, 0.1) is 0 Å². The molecule has 1 fully saturated rings. The molecule has 1 amide bonds. The maximum Gasteiger partial charge on any atom is 0.253 e. The Labute approximate surface area is 130 Å². The number of para-hydroxylation sites is 1. The molecular weight excluding hydrogens is 276 g/mol. The number of nitrogens with one attached hydrogen (secondary N) is 1. The number of hydrogen-bond donors (Lipinski definition) is 2. The minimum Gasteiger partial charge on any atom is -0.347 e. The summed E-state index contributed by atoms with van der Waals surface area (Å²) in [6.45, 7) is 7.89. The number of nitrogens with zero attached hydrogens (tertiary/aromatic N) is 2. The smallest absolute Gasteiger partial charge is 0.253 e. The minimum absolute atomic E-state index is 0.0591. The van der Waals surface area contributed by atoms with Gasteiger partial charge < -0.3 is 15.6 Å². The van der Waals surface area contributed by atoms with Crippen LogP contribution in [0.2, 0.25) is 0 Å². The van der Waals surface area contributed by atoms with E-state index in [2.05, 4.69) is 14.9 Å². The number of benzene rings is 1.